The molecule has 0 saturated carbocycles. The molecule has 0 bridgehead atoms. The quantitative estimate of drug-likeness (QED) is 0.781. The molecule has 11 heteroatoms. The topological polar surface area (TPSA) is 45.9 Å². The van der Waals surface area contributed by atoms with Crippen molar-refractivity contribution in [1.82, 2.24) is 4.98 Å². The molecular formula is C9H2F8N2O. The molecule has 1 aromatic heterocycles. The Morgan fingerprint density at radius 3 is 2.05 bits per heavy atom. The van der Waals surface area contributed by atoms with E-state index in [4.69, 9.17) is 5.26 Å². The van der Waals surface area contributed by atoms with Crippen molar-refractivity contribution in [3.8, 4) is 11.9 Å². The van der Waals surface area contributed by atoms with Crippen molar-refractivity contribution in [3.63, 3.8) is 0 Å². The first-order valence-electron chi connectivity index (χ1n) is 4.52. The molecule has 0 unspecified atom stereocenters. The maximum Gasteiger partial charge on any atom is 0.574 e. The van der Waals surface area contributed by atoms with E-state index >= 15 is 0 Å². The van der Waals surface area contributed by atoms with Crippen molar-refractivity contribution in [2.45, 2.75) is 19.0 Å². The minimum absolute atomic E-state index is 0.0786. The zero-order chi connectivity index (χ0) is 15.7. The molecule has 110 valence electrons. The fraction of sp³-hybridized carbons (Fsp3) is 0.333. The van der Waals surface area contributed by atoms with Gasteiger partial charge in [0.15, 0.2) is 0 Å². The second-order valence-corrected chi connectivity index (χ2v) is 3.23. The summed E-state index contributed by atoms with van der Waals surface area (Å²) in [4.78, 5) is 2.36. The lowest BCUT2D eigenvalue weighted by molar-refractivity contribution is -0.277. The summed E-state index contributed by atoms with van der Waals surface area (Å²) in [6.07, 6.45) is -14.4. The van der Waals surface area contributed by atoms with Crippen LogP contribution in [0.4, 0.5) is 35.1 Å². The first-order chi connectivity index (χ1) is 8.95. The number of hydrogen-bond acceptors (Lipinski definition) is 3. The molecule has 0 aliphatic rings. The van der Waals surface area contributed by atoms with Gasteiger partial charge >= 0.3 is 12.5 Å². The van der Waals surface area contributed by atoms with Crippen molar-refractivity contribution < 1.29 is 39.9 Å². The highest BCUT2D eigenvalue weighted by molar-refractivity contribution is 5.45. The lowest BCUT2D eigenvalue weighted by Crippen LogP contribution is -2.21. The standard InChI is InChI=1S/C9H2F8N2O/c10-6(11)5-3(2-18)1-4(8(12,13)14)19-7(5)20-9(15,16)17/h1,6H. The van der Waals surface area contributed by atoms with E-state index < -0.39 is 41.7 Å². The maximum absolute atomic E-state index is 12.6. The van der Waals surface area contributed by atoms with Gasteiger partial charge in [0, 0.05) is 0 Å². The predicted octanol–water partition coefficient (Wildman–Crippen LogP) is 3.81. The van der Waals surface area contributed by atoms with E-state index in [0.717, 1.165) is 6.07 Å². The summed E-state index contributed by atoms with van der Waals surface area (Å²) < 4.78 is 101. The normalized spacial score (nSPS) is 12.4. The zero-order valence-corrected chi connectivity index (χ0v) is 8.98. The van der Waals surface area contributed by atoms with Gasteiger partial charge in [-0.3, -0.25) is 0 Å². The molecule has 0 radical (unpaired) electrons. The summed E-state index contributed by atoms with van der Waals surface area (Å²) >= 11 is 0. The molecule has 0 aliphatic heterocycles. The van der Waals surface area contributed by atoms with Gasteiger partial charge in [0.2, 0.25) is 5.88 Å². The minimum atomic E-state index is -5.53. The summed E-state index contributed by atoms with van der Waals surface area (Å²) in [6, 6.07) is 0.870. The molecule has 0 amide bonds. The van der Waals surface area contributed by atoms with E-state index in [2.05, 4.69) is 9.72 Å². The van der Waals surface area contributed by atoms with E-state index in [9.17, 15) is 35.1 Å². The third-order valence-electron chi connectivity index (χ3n) is 1.87. The van der Waals surface area contributed by atoms with Crippen molar-refractivity contribution >= 4 is 0 Å². The Kier molecular flexibility index (Phi) is 4.07. The second-order valence-electron chi connectivity index (χ2n) is 3.23. The number of ether oxygens (including phenoxy) is 1. The van der Waals surface area contributed by atoms with Crippen LogP contribution in [0, 0.1) is 11.3 Å². The van der Waals surface area contributed by atoms with Crippen LogP contribution in [-0.2, 0) is 6.18 Å². The van der Waals surface area contributed by atoms with Gasteiger partial charge in [-0.1, -0.05) is 0 Å². The first-order valence-corrected chi connectivity index (χ1v) is 4.52. The number of nitriles is 1. The highest BCUT2D eigenvalue weighted by atomic mass is 19.4. The third kappa shape index (κ3) is 3.69. The minimum Gasteiger partial charge on any atom is -0.387 e. The Morgan fingerprint density at radius 1 is 1.15 bits per heavy atom. The molecule has 0 aromatic carbocycles. The SMILES string of the molecule is N#Cc1cc(C(F)(F)F)nc(OC(F)(F)F)c1C(F)F. The Morgan fingerprint density at radius 2 is 1.70 bits per heavy atom. The van der Waals surface area contributed by atoms with Gasteiger partial charge in [-0.05, 0) is 6.07 Å². The lowest BCUT2D eigenvalue weighted by Gasteiger charge is -2.15. The Labute approximate surface area is 105 Å². The van der Waals surface area contributed by atoms with Crippen LogP contribution in [0.1, 0.15) is 23.2 Å². The van der Waals surface area contributed by atoms with E-state index in [0.29, 0.717) is 0 Å². The van der Waals surface area contributed by atoms with Crippen molar-refractivity contribution in [1.29, 1.82) is 5.26 Å². The molecule has 0 saturated heterocycles. The maximum atomic E-state index is 12.6. The van der Waals surface area contributed by atoms with Gasteiger partial charge in [-0.25, -0.2) is 13.8 Å². The van der Waals surface area contributed by atoms with E-state index in [-0.39, 0.29) is 6.07 Å². The average Bonchev–Trinajstić information content (AvgIpc) is 2.23. The van der Waals surface area contributed by atoms with Crippen LogP contribution in [0.3, 0.4) is 0 Å². The molecule has 3 nitrogen and oxygen atoms in total. The summed E-state index contributed by atoms with van der Waals surface area (Å²) in [7, 11) is 0. The van der Waals surface area contributed by atoms with Crippen molar-refractivity contribution in [2.24, 2.45) is 0 Å². The van der Waals surface area contributed by atoms with Crippen LogP contribution in [0.25, 0.3) is 0 Å². The Hall–Kier alpha value is -2.12. The van der Waals surface area contributed by atoms with E-state index in [1.807, 2.05) is 0 Å². The average molecular weight is 306 g/mol. The van der Waals surface area contributed by atoms with Gasteiger partial charge in [0.1, 0.15) is 5.69 Å². The van der Waals surface area contributed by atoms with Crippen LogP contribution >= 0.6 is 0 Å². The van der Waals surface area contributed by atoms with Crippen molar-refractivity contribution in [2.75, 3.05) is 0 Å². The van der Waals surface area contributed by atoms with E-state index in [1.165, 1.54) is 0 Å². The molecule has 0 fully saturated rings. The summed E-state index contributed by atoms with van der Waals surface area (Å²) in [5.74, 6) is -2.00. The molecule has 1 heterocycles. The highest BCUT2D eigenvalue weighted by Crippen LogP contribution is 2.38. The fourth-order valence-corrected chi connectivity index (χ4v) is 1.17. The van der Waals surface area contributed by atoms with E-state index in [1.54, 1.807) is 0 Å². The summed E-state index contributed by atoms with van der Waals surface area (Å²) in [5.41, 5.74) is -4.91. The van der Waals surface area contributed by atoms with Crippen LogP contribution in [-0.4, -0.2) is 11.3 Å². The first kappa shape index (κ1) is 15.9. The Balaban J connectivity index is 3.55. The molecule has 0 N–H and O–H groups in total. The molecular weight excluding hydrogens is 304 g/mol. The largest absolute Gasteiger partial charge is 0.574 e. The third-order valence-corrected chi connectivity index (χ3v) is 1.87. The number of aromatic nitrogens is 1. The highest BCUT2D eigenvalue weighted by Gasteiger charge is 2.39. The number of halogens is 8. The predicted molar refractivity (Wildman–Crippen MR) is 45.6 cm³/mol. The van der Waals surface area contributed by atoms with Crippen LogP contribution < -0.4 is 4.74 Å². The molecule has 20 heavy (non-hydrogen) atoms. The monoisotopic (exact) mass is 306 g/mol. The van der Waals surface area contributed by atoms with Crippen LogP contribution in [0.2, 0.25) is 0 Å². The zero-order valence-electron chi connectivity index (χ0n) is 8.98. The Bertz CT molecular complexity index is 543. The fourth-order valence-electron chi connectivity index (χ4n) is 1.17. The summed E-state index contributed by atoms with van der Waals surface area (Å²) in [6.45, 7) is 0. The van der Waals surface area contributed by atoms with Gasteiger partial charge in [-0.15, -0.1) is 13.2 Å². The number of pyridine rings is 1. The summed E-state index contributed by atoms with van der Waals surface area (Å²) in [5, 5.41) is 8.46. The van der Waals surface area contributed by atoms with Crippen molar-refractivity contribution in [3.05, 3.63) is 22.9 Å². The van der Waals surface area contributed by atoms with Gasteiger partial charge in [0.05, 0.1) is 17.2 Å². The van der Waals surface area contributed by atoms with Crippen LogP contribution in [0.5, 0.6) is 5.88 Å². The van der Waals surface area contributed by atoms with Gasteiger partial charge in [0.25, 0.3) is 6.43 Å². The van der Waals surface area contributed by atoms with Gasteiger partial charge < -0.3 is 4.74 Å². The van der Waals surface area contributed by atoms with Gasteiger partial charge in [-0.2, -0.15) is 18.4 Å². The molecule has 0 aliphatic carbocycles. The lowest BCUT2D eigenvalue weighted by atomic mass is 10.1. The molecule has 1 aromatic rings. The molecule has 0 atom stereocenters. The smallest absolute Gasteiger partial charge is 0.387 e. The molecule has 1 rings (SSSR count). The number of hydrogen-bond donors (Lipinski definition) is 0. The van der Waals surface area contributed by atoms with Crippen LogP contribution in [0.15, 0.2) is 6.07 Å². The number of nitrogens with zero attached hydrogens (tertiary/aromatic N) is 2. The second kappa shape index (κ2) is 5.10. The number of alkyl halides is 8. The number of rotatable bonds is 2. The molecule has 0 spiro atoms.